The van der Waals surface area contributed by atoms with Gasteiger partial charge in [0.25, 0.3) is 11.8 Å². The Kier molecular flexibility index (Phi) is 6.84. The Hall–Kier alpha value is -2.64. The second kappa shape index (κ2) is 9.52. The van der Waals surface area contributed by atoms with Crippen molar-refractivity contribution in [1.82, 2.24) is 10.2 Å². The summed E-state index contributed by atoms with van der Waals surface area (Å²) in [7, 11) is 0. The first kappa shape index (κ1) is 20.1. The number of hydrogen-bond acceptors (Lipinski definition) is 5. The highest BCUT2D eigenvalue weighted by molar-refractivity contribution is 6.02. The third-order valence-corrected chi connectivity index (χ3v) is 4.49. The lowest BCUT2D eigenvalue weighted by atomic mass is 10.1. The molecule has 3 rings (SSSR count). The van der Waals surface area contributed by atoms with Gasteiger partial charge in [-0.15, -0.1) is 0 Å². The highest BCUT2D eigenvalue weighted by atomic mass is 16.5. The summed E-state index contributed by atoms with van der Waals surface area (Å²) in [6.07, 6.45) is 1.45. The highest BCUT2D eigenvalue weighted by Crippen LogP contribution is 2.12. The molecule has 2 aromatic rings. The Morgan fingerprint density at radius 2 is 1.96 bits per heavy atom. The van der Waals surface area contributed by atoms with E-state index in [2.05, 4.69) is 29.4 Å². The monoisotopic (exact) mass is 385 g/mol. The maximum absolute atomic E-state index is 12.4. The van der Waals surface area contributed by atoms with E-state index in [9.17, 15) is 9.59 Å². The number of nitrogens with one attached hydrogen (secondary N) is 2. The summed E-state index contributed by atoms with van der Waals surface area (Å²) in [5.41, 5.74) is 1.13. The summed E-state index contributed by atoms with van der Waals surface area (Å²) < 4.78 is 10.8. The van der Waals surface area contributed by atoms with Crippen molar-refractivity contribution in [2.24, 2.45) is 5.92 Å². The molecule has 1 saturated heterocycles. The first-order valence-electron chi connectivity index (χ1n) is 9.58. The lowest BCUT2D eigenvalue weighted by Crippen LogP contribution is -2.48. The molecule has 0 spiro atoms. The fourth-order valence-electron chi connectivity index (χ4n) is 3.20. The van der Waals surface area contributed by atoms with Crippen LogP contribution in [0.4, 0.5) is 5.69 Å². The van der Waals surface area contributed by atoms with Gasteiger partial charge in [-0.2, -0.15) is 0 Å². The van der Waals surface area contributed by atoms with Crippen molar-refractivity contribution < 1.29 is 18.7 Å². The van der Waals surface area contributed by atoms with Gasteiger partial charge in [0.2, 0.25) is 0 Å². The molecule has 1 fully saturated rings. The van der Waals surface area contributed by atoms with Crippen LogP contribution in [0.1, 0.15) is 34.8 Å². The molecule has 1 aromatic heterocycles. The molecule has 0 radical (unpaired) electrons. The van der Waals surface area contributed by atoms with E-state index in [0.717, 1.165) is 19.6 Å². The lowest BCUT2D eigenvalue weighted by molar-refractivity contribution is -0.0295. The van der Waals surface area contributed by atoms with Gasteiger partial charge in [-0.3, -0.25) is 14.5 Å². The molecule has 2 heterocycles. The second-order valence-electron chi connectivity index (χ2n) is 7.37. The van der Waals surface area contributed by atoms with Gasteiger partial charge in [0.15, 0.2) is 5.76 Å². The van der Waals surface area contributed by atoms with Crippen LogP contribution in [0.25, 0.3) is 0 Å². The normalized spacial score (nSPS) is 17.5. The van der Waals surface area contributed by atoms with E-state index in [1.165, 1.54) is 6.26 Å². The van der Waals surface area contributed by atoms with Crippen molar-refractivity contribution in [3.63, 3.8) is 0 Å². The predicted octanol–water partition coefficient (Wildman–Crippen LogP) is 2.62. The van der Waals surface area contributed by atoms with Crippen LogP contribution in [0.15, 0.2) is 47.1 Å². The number of benzene rings is 1. The van der Waals surface area contributed by atoms with Crippen molar-refractivity contribution in [2.45, 2.75) is 20.0 Å². The van der Waals surface area contributed by atoms with Crippen LogP contribution >= 0.6 is 0 Å². The van der Waals surface area contributed by atoms with Crippen LogP contribution in [-0.2, 0) is 4.74 Å². The van der Waals surface area contributed by atoms with Crippen LogP contribution < -0.4 is 10.6 Å². The number of amides is 2. The Labute approximate surface area is 165 Å². The van der Waals surface area contributed by atoms with Gasteiger partial charge in [0, 0.05) is 37.4 Å². The van der Waals surface area contributed by atoms with Crippen LogP contribution in [0.2, 0.25) is 0 Å². The Balaban J connectivity index is 1.47. The Morgan fingerprint density at radius 1 is 1.18 bits per heavy atom. The van der Waals surface area contributed by atoms with Crippen molar-refractivity contribution in [3.05, 3.63) is 54.0 Å². The number of ether oxygens (including phenoxy) is 1. The molecule has 1 aromatic carbocycles. The minimum atomic E-state index is -0.331. The molecule has 7 nitrogen and oxygen atoms in total. The fraction of sp³-hybridized carbons (Fsp3) is 0.429. The quantitative estimate of drug-likeness (QED) is 0.765. The summed E-state index contributed by atoms with van der Waals surface area (Å²) in [5.74, 6) is 0.358. The molecule has 28 heavy (non-hydrogen) atoms. The molecule has 2 N–H and O–H groups in total. The minimum absolute atomic E-state index is 0.00306. The van der Waals surface area contributed by atoms with Crippen molar-refractivity contribution in [3.8, 4) is 0 Å². The van der Waals surface area contributed by atoms with E-state index in [-0.39, 0.29) is 23.7 Å². The van der Waals surface area contributed by atoms with Gasteiger partial charge in [-0.25, -0.2) is 0 Å². The summed E-state index contributed by atoms with van der Waals surface area (Å²) in [6.45, 7) is 8.38. The molecule has 0 aliphatic carbocycles. The smallest absolute Gasteiger partial charge is 0.291 e. The third-order valence-electron chi connectivity index (χ3n) is 4.49. The largest absolute Gasteiger partial charge is 0.459 e. The summed E-state index contributed by atoms with van der Waals surface area (Å²) >= 11 is 0. The molecule has 0 saturated carbocycles. The van der Waals surface area contributed by atoms with E-state index >= 15 is 0 Å². The first-order chi connectivity index (χ1) is 13.5. The molecule has 150 valence electrons. The average Bonchev–Trinajstić information content (AvgIpc) is 3.21. The molecule has 1 aliphatic heterocycles. The van der Waals surface area contributed by atoms with Gasteiger partial charge < -0.3 is 19.8 Å². The molecule has 2 amide bonds. The van der Waals surface area contributed by atoms with E-state index < -0.39 is 0 Å². The molecule has 1 unspecified atom stereocenters. The minimum Gasteiger partial charge on any atom is -0.459 e. The number of furan rings is 1. The van der Waals surface area contributed by atoms with E-state index in [4.69, 9.17) is 9.15 Å². The maximum Gasteiger partial charge on any atom is 0.291 e. The molecular weight excluding hydrogens is 358 g/mol. The molecule has 1 aliphatic rings. The number of anilines is 1. The van der Waals surface area contributed by atoms with Crippen LogP contribution in [-0.4, -0.2) is 55.6 Å². The van der Waals surface area contributed by atoms with Crippen LogP contribution in [0.3, 0.4) is 0 Å². The fourth-order valence-corrected chi connectivity index (χ4v) is 3.20. The zero-order valence-electron chi connectivity index (χ0n) is 16.3. The summed E-state index contributed by atoms with van der Waals surface area (Å²) in [6, 6.07) is 9.99. The molecular formula is C21H27N3O4. The number of nitrogens with zero attached hydrogens (tertiary/aromatic N) is 1. The van der Waals surface area contributed by atoms with Crippen molar-refractivity contribution in [2.75, 3.05) is 38.1 Å². The summed E-state index contributed by atoms with van der Waals surface area (Å²) in [4.78, 5) is 26.7. The molecule has 0 bridgehead atoms. The SMILES string of the molecule is CC(C)CN1CCOC(CNC(=O)c2ccc(NC(=O)c3ccco3)cc2)C1. The van der Waals surface area contributed by atoms with Gasteiger partial charge in [0.1, 0.15) is 0 Å². The van der Waals surface area contributed by atoms with E-state index in [1.807, 2.05) is 0 Å². The zero-order chi connectivity index (χ0) is 19.9. The number of carbonyl (C=O) groups is 2. The number of rotatable bonds is 7. The van der Waals surface area contributed by atoms with Crippen LogP contribution in [0.5, 0.6) is 0 Å². The van der Waals surface area contributed by atoms with Gasteiger partial charge in [-0.1, -0.05) is 13.8 Å². The average molecular weight is 385 g/mol. The van der Waals surface area contributed by atoms with Gasteiger partial charge >= 0.3 is 0 Å². The standard InChI is InChI=1S/C21H27N3O4/c1-15(2)13-24-9-11-27-18(14-24)12-22-20(25)16-5-7-17(8-6-16)23-21(26)19-4-3-10-28-19/h3-8,10,15,18H,9,11-14H2,1-2H3,(H,22,25)(H,23,26). The zero-order valence-corrected chi connectivity index (χ0v) is 16.3. The third kappa shape index (κ3) is 5.68. The number of carbonyl (C=O) groups excluding carboxylic acids is 2. The topological polar surface area (TPSA) is 83.8 Å². The highest BCUT2D eigenvalue weighted by Gasteiger charge is 2.21. The van der Waals surface area contributed by atoms with Gasteiger partial charge in [-0.05, 0) is 42.3 Å². The maximum atomic E-state index is 12.4. The Morgan fingerprint density at radius 3 is 2.64 bits per heavy atom. The first-order valence-corrected chi connectivity index (χ1v) is 9.58. The molecule has 7 heteroatoms. The van der Waals surface area contributed by atoms with E-state index in [0.29, 0.717) is 30.3 Å². The van der Waals surface area contributed by atoms with E-state index in [1.54, 1.807) is 36.4 Å². The second-order valence-corrected chi connectivity index (χ2v) is 7.37. The molecule has 1 atom stereocenters. The Bertz CT molecular complexity index is 771. The predicted molar refractivity (Wildman–Crippen MR) is 106 cm³/mol. The van der Waals surface area contributed by atoms with Crippen molar-refractivity contribution >= 4 is 17.5 Å². The summed E-state index contributed by atoms with van der Waals surface area (Å²) in [5, 5.41) is 5.66. The van der Waals surface area contributed by atoms with Crippen LogP contribution in [0, 0.1) is 5.92 Å². The van der Waals surface area contributed by atoms with Gasteiger partial charge in [0.05, 0.1) is 19.0 Å². The lowest BCUT2D eigenvalue weighted by Gasteiger charge is -2.33. The number of morpholine rings is 1. The van der Waals surface area contributed by atoms with Crippen molar-refractivity contribution in [1.29, 1.82) is 0 Å². The number of hydrogen-bond donors (Lipinski definition) is 2.